The largest absolute Gasteiger partial charge is 0.467 e. The van der Waals surface area contributed by atoms with Crippen molar-refractivity contribution in [2.24, 2.45) is 0 Å². The number of piperazine rings is 1. The summed E-state index contributed by atoms with van der Waals surface area (Å²) in [6.07, 6.45) is 1.90. The highest BCUT2D eigenvalue weighted by Gasteiger charge is 2.17. The molecule has 0 aliphatic carbocycles. The maximum atomic E-state index is 9.91. The minimum atomic E-state index is -0.464. The maximum Gasteiger partial charge on any atom is 0.132 e. The summed E-state index contributed by atoms with van der Waals surface area (Å²) >= 11 is 0. The molecule has 4 heteroatoms. The van der Waals surface area contributed by atoms with Crippen LogP contribution in [0, 0.1) is 0 Å². The smallest absolute Gasteiger partial charge is 0.132 e. The first-order valence-electron chi connectivity index (χ1n) is 6.45. The van der Waals surface area contributed by atoms with E-state index in [0.29, 0.717) is 5.76 Å². The lowest BCUT2D eigenvalue weighted by Crippen LogP contribution is -2.46. The molecule has 1 unspecified atom stereocenters. The van der Waals surface area contributed by atoms with E-state index in [4.69, 9.17) is 4.42 Å². The molecule has 1 aliphatic rings. The highest BCUT2D eigenvalue weighted by molar-refractivity contribution is 5.01. The zero-order valence-corrected chi connectivity index (χ0v) is 10.5. The van der Waals surface area contributed by atoms with Crippen molar-refractivity contribution < 1.29 is 9.52 Å². The molecule has 96 valence electrons. The average Bonchev–Trinajstić information content (AvgIpc) is 2.90. The van der Waals surface area contributed by atoms with E-state index in [9.17, 15) is 5.11 Å². The fourth-order valence-electron chi connectivity index (χ4n) is 2.26. The highest BCUT2D eigenvalue weighted by Crippen LogP contribution is 2.17. The molecule has 0 amide bonds. The minimum absolute atomic E-state index is 0.464. The van der Waals surface area contributed by atoms with Crippen molar-refractivity contribution >= 4 is 0 Å². The van der Waals surface area contributed by atoms with Crippen molar-refractivity contribution in [2.75, 3.05) is 39.3 Å². The summed E-state index contributed by atoms with van der Waals surface area (Å²) in [5.74, 6) is 0.678. The molecule has 1 aromatic heterocycles. The van der Waals surface area contributed by atoms with E-state index in [1.54, 1.807) is 6.26 Å². The van der Waals surface area contributed by atoms with Crippen LogP contribution in [0.1, 0.15) is 25.2 Å². The lowest BCUT2D eigenvalue weighted by Gasteiger charge is -2.34. The van der Waals surface area contributed by atoms with E-state index in [2.05, 4.69) is 16.7 Å². The molecule has 1 fully saturated rings. The van der Waals surface area contributed by atoms with Gasteiger partial charge < -0.3 is 19.3 Å². The number of aliphatic hydroxyl groups is 1. The van der Waals surface area contributed by atoms with Crippen LogP contribution in [0.5, 0.6) is 0 Å². The Morgan fingerprint density at radius 2 is 2.00 bits per heavy atom. The summed E-state index contributed by atoms with van der Waals surface area (Å²) in [5.41, 5.74) is 0. The first kappa shape index (κ1) is 12.6. The van der Waals surface area contributed by atoms with Crippen LogP contribution in [0.25, 0.3) is 0 Å². The number of hydrogen-bond donors (Lipinski definition) is 1. The van der Waals surface area contributed by atoms with Gasteiger partial charge in [0.05, 0.1) is 6.26 Å². The van der Waals surface area contributed by atoms with Gasteiger partial charge in [0, 0.05) is 32.7 Å². The summed E-state index contributed by atoms with van der Waals surface area (Å²) in [7, 11) is 0. The Kier molecular flexibility index (Phi) is 4.59. The number of likely N-dealkylation sites (N-methyl/N-ethyl adjacent to an activating group) is 1. The molecule has 1 aliphatic heterocycles. The lowest BCUT2D eigenvalue weighted by atomic mass is 10.2. The molecular weight excluding hydrogens is 216 g/mol. The number of furan rings is 1. The Morgan fingerprint density at radius 1 is 1.29 bits per heavy atom. The Hall–Kier alpha value is -0.840. The first-order valence-corrected chi connectivity index (χ1v) is 6.45. The van der Waals surface area contributed by atoms with Crippen LogP contribution >= 0.6 is 0 Å². The molecule has 1 saturated heterocycles. The van der Waals surface area contributed by atoms with Gasteiger partial charge in [-0.25, -0.2) is 0 Å². The van der Waals surface area contributed by atoms with Crippen LogP contribution in [0.3, 0.4) is 0 Å². The van der Waals surface area contributed by atoms with Gasteiger partial charge in [-0.2, -0.15) is 0 Å². The van der Waals surface area contributed by atoms with Crippen LogP contribution in [0.4, 0.5) is 0 Å². The number of hydrogen-bond acceptors (Lipinski definition) is 4. The van der Waals surface area contributed by atoms with E-state index in [1.165, 1.54) is 0 Å². The van der Waals surface area contributed by atoms with Crippen LogP contribution in [0.15, 0.2) is 22.8 Å². The summed E-state index contributed by atoms with van der Waals surface area (Å²) in [4.78, 5) is 4.87. The molecule has 0 bridgehead atoms. The van der Waals surface area contributed by atoms with Gasteiger partial charge in [-0.15, -0.1) is 0 Å². The number of rotatable bonds is 5. The second kappa shape index (κ2) is 6.19. The van der Waals surface area contributed by atoms with Gasteiger partial charge in [0.15, 0.2) is 0 Å². The molecule has 0 saturated carbocycles. The van der Waals surface area contributed by atoms with Gasteiger partial charge >= 0.3 is 0 Å². The van der Waals surface area contributed by atoms with E-state index in [0.717, 1.165) is 45.7 Å². The summed E-state index contributed by atoms with van der Waals surface area (Å²) in [6, 6.07) is 3.65. The molecule has 4 nitrogen and oxygen atoms in total. The van der Waals surface area contributed by atoms with Crippen molar-refractivity contribution in [1.82, 2.24) is 9.80 Å². The predicted molar refractivity (Wildman–Crippen MR) is 66.8 cm³/mol. The Morgan fingerprint density at radius 3 is 2.59 bits per heavy atom. The molecule has 1 atom stereocenters. The molecule has 0 radical (unpaired) electrons. The Bertz CT molecular complexity index is 305. The number of aliphatic hydroxyl groups excluding tert-OH is 1. The van der Waals surface area contributed by atoms with Gasteiger partial charge in [0.25, 0.3) is 0 Å². The second-order valence-corrected chi connectivity index (χ2v) is 4.60. The SMILES string of the molecule is CCN1CCN(CCC(O)c2ccco2)CC1. The fourth-order valence-corrected chi connectivity index (χ4v) is 2.26. The van der Waals surface area contributed by atoms with Gasteiger partial charge in [0.2, 0.25) is 0 Å². The third-order valence-electron chi connectivity index (χ3n) is 3.50. The first-order chi connectivity index (χ1) is 8.29. The molecule has 1 aromatic rings. The zero-order chi connectivity index (χ0) is 12.1. The van der Waals surface area contributed by atoms with Crippen LogP contribution in [0.2, 0.25) is 0 Å². The van der Waals surface area contributed by atoms with Gasteiger partial charge in [-0.1, -0.05) is 6.92 Å². The van der Waals surface area contributed by atoms with E-state index in [-0.39, 0.29) is 0 Å². The maximum absolute atomic E-state index is 9.91. The van der Waals surface area contributed by atoms with Crippen molar-refractivity contribution in [2.45, 2.75) is 19.4 Å². The molecule has 2 heterocycles. The highest BCUT2D eigenvalue weighted by atomic mass is 16.4. The molecule has 1 N–H and O–H groups in total. The predicted octanol–water partition coefficient (Wildman–Crippen LogP) is 1.34. The summed E-state index contributed by atoms with van der Waals surface area (Å²) in [6.45, 7) is 8.80. The van der Waals surface area contributed by atoms with Crippen LogP contribution < -0.4 is 0 Å². The van der Waals surface area contributed by atoms with Gasteiger partial charge in [0.1, 0.15) is 11.9 Å². The van der Waals surface area contributed by atoms with Gasteiger partial charge in [-0.05, 0) is 25.1 Å². The van der Waals surface area contributed by atoms with Crippen molar-refractivity contribution in [3.05, 3.63) is 24.2 Å². The average molecular weight is 238 g/mol. The quantitative estimate of drug-likeness (QED) is 0.840. The summed E-state index contributed by atoms with van der Waals surface area (Å²) in [5, 5.41) is 9.91. The van der Waals surface area contributed by atoms with Gasteiger partial charge in [-0.3, -0.25) is 0 Å². The van der Waals surface area contributed by atoms with Crippen molar-refractivity contribution in [3.63, 3.8) is 0 Å². The van der Waals surface area contributed by atoms with E-state index < -0.39 is 6.10 Å². The standard InChI is InChI=1S/C13H22N2O2/c1-2-14-7-9-15(10-8-14)6-5-12(16)13-4-3-11-17-13/h3-4,11-12,16H,2,5-10H2,1H3. The molecule has 17 heavy (non-hydrogen) atoms. The minimum Gasteiger partial charge on any atom is -0.467 e. The van der Waals surface area contributed by atoms with E-state index in [1.807, 2.05) is 12.1 Å². The van der Waals surface area contributed by atoms with Crippen LogP contribution in [-0.2, 0) is 0 Å². The normalized spacial score (nSPS) is 20.6. The molecule has 0 spiro atoms. The molecular formula is C13H22N2O2. The van der Waals surface area contributed by atoms with Crippen LogP contribution in [-0.4, -0.2) is 54.2 Å². The third kappa shape index (κ3) is 3.56. The zero-order valence-electron chi connectivity index (χ0n) is 10.5. The third-order valence-corrected chi connectivity index (χ3v) is 3.50. The van der Waals surface area contributed by atoms with E-state index >= 15 is 0 Å². The summed E-state index contributed by atoms with van der Waals surface area (Å²) < 4.78 is 5.19. The van der Waals surface area contributed by atoms with Crippen molar-refractivity contribution in [3.8, 4) is 0 Å². The topological polar surface area (TPSA) is 39.9 Å². The van der Waals surface area contributed by atoms with Crippen molar-refractivity contribution in [1.29, 1.82) is 0 Å². The lowest BCUT2D eigenvalue weighted by molar-refractivity contribution is 0.0945. The molecule has 0 aromatic carbocycles. The Labute approximate surface area is 103 Å². The second-order valence-electron chi connectivity index (χ2n) is 4.60. The monoisotopic (exact) mass is 238 g/mol. The number of nitrogens with zero attached hydrogens (tertiary/aromatic N) is 2. The molecule has 2 rings (SSSR count). The Balaban J connectivity index is 1.69. The fraction of sp³-hybridized carbons (Fsp3) is 0.692.